The maximum Gasteiger partial charge on any atom is 0.302 e. The molecule has 0 aliphatic carbocycles. The number of hydrogen-bond acceptors (Lipinski definition) is 6. The van der Waals surface area contributed by atoms with Crippen molar-refractivity contribution in [3.05, 3.63) is 29.8 Å². The zero-order chi connectivity index (χ0) is 20.5. The molecule has 0 unspecified atom stereocenters. The molecule has 152 valence electrons. The van der Waals surface area contributed by atoms with E-state index in [0.29, 0.717) is 18.7 Å². The largest absolute Gasteiger partial charge is 0.461 e. The van der Waals surface area contributed by atoms with Crippen LogP contribution in [0.4, 0.5) is 5.69 Å². The normalized spacial score (nSPS) is 15.8. The Kier molecular flexibility index (Phi) is 7.94. The van der Waals surface area contributed by atoms with E-state index in [-0.39, 0.29) is 43.4 Å². The Labute approximate surface area is 163 Å². The number of nitrogens with zero attached hydrogens (tertiary/aromatic N) is 1. The lowest BCUT2D eigenvalue weighted by atomic mass is 10.2. The maximum absolute atomic E-state index is 12.3. The monoisotopic (exact) mass is 390 g/mol. The Hall–Kier alpha value is -2.94. The number of likely N-dealkylation sites (N-methyl/N-ethyl adjacent to an activating group) is 1. The van der Waals surface area contributed by atoms with Crippen LogP contribution in [-0.4, -0.2) is 61.3 Å². The van der Waals surface area contributed by atoms with Crippen molar-refractivity contribution in [2.75, 3.05) is 32.0 Å². The molecule has 1 saturated heterocycles. The highest BCUT2D eigenvalue weighted by atomic mass is 16.5. The van der Waals surface area contributed by atoms with E-state index < -0.39 is 6.04 Å². The van der Waals surface area contributed by atoms with E-state index in [1.165, 1.54) is 6.92 Å². The molecular weight excluding hydrogens is 364 g/mol. The summed E-state index contributed by atoms with van der Waals surface area (Å²) in [6.07, 6.45) is 1.35. The molecule has 1 aromatic rings. The first-order chi connectivity index (χ1) is 13.4. The molecule has 1 fully saturated rings. The fraction of sp³-hybridized carbons (Fsp3) is 0.474. The summed E-state index contributed by atoms with van der Waals surface area (Å²) >= 11 is 0. The third-order valence-corrected chi connectivity index (χ3v) is 4.31. The number of esters is 1. The summed E-state index contributed by atoms with van der Waals surface area (Å²) in [5.41, 5.74) is 1.37. The molecule has 9 heteroatoms. The zero-order valence-corrected chi connectivity index (χ0v) is 16.1. The lowest BCUT2D eigenvalue weighted by Crippen LogP contribution is -2.49. The van der Waals surface area contributed by atoms with Gasteiger partial charge >= 0.3 is 5.97 Å². The molecule has 1 aliphatic heterocycles. The first-order valence-corrected chi connectivity index (χ1v) is 9.14. The summed E-state index contributed by atoms with van der Waals surface area (Å²) in [6.45, 7) is 2.05. The van der Waals surface area contributed by atoms with Crippen LogP contribution in [0.2, 0.25) is 0 Å². The number of nitrogens with one attached hydrogen (secondary N) is 3. The van der Waals surface area contributed by atoms with Crippen LogP contribution in [0.5, 0.6) is 0 Å². The molecule has 0 radical (unpaired) electrons. The van der Waals surface area contributed by atoms with Gasteiger partial charge in [0.2, 0.25) is 17.7 Å². The van der Waals surface area contributed by atoms with E-state index in [1.807, 2.05) is 0 Å². The fourth-order valence-electron chi connectivity index (χ4n) is 2.95. The van der Waals surface area contributed by atoms with Crippen molar-refractivity contribution in [3.63, 3.8) is 0 Å². The number of ether oxygens (including phenoxy) is 1. The number of amides is 3. The van der Waals surface area contributed by atoms with Crippen LogP contribution >= 0.6 is 0 Å². The Bertz CT molecular complexity index is 720. The van der Waals surface area contributed by atoms with Gasteiger partial charge in [-0.1, -0.05) is 12.1 Å². The topological polar surface area (TPSA) is 117 Å². The van der Waals surface area contributed by atoms with Gasteiger partial charge in [-0.2, -0.15) is 0 Å². The number of carbonyl (C=O) groups excluding carboxylic acids is 4. The average molecular weight is 390 g/mol. The summed E-state index contributed by atoms with van der Waals surface area (Å²) in [5.74, 6) is -1.18. The van der Waals surface area contributed by atoms with Crippen molar-refractivity contribution in [1.29, 1.82) is 0 Å². The van der Waals surface area contributed by atoms with Crippen LogP contribution in [0.15, 0.2) is 24.3 Å². The third kappa shape index (κ3) is 6.34. The molecule has 3 N–H and O–H groups in total. The number of carbonyl (C=O) groups is 4. The van der Waals surface area contributed by atoms with Gasteiger partial charge in [-0.15, -0.1) is 0 Å². The van der Waals surface area contributed by atoms with Crippen molar-refractivity contribution >= 4 is 29.4 Å². The minimum absolute atomic E-state index is 0.126. The van der Waals surface area contributed by atoms with Gasteiger partial charge in [0.1, 0.15) is 12.6 Å². The Balaban J connectivity index is 1.79. The first-order valence-electron chi connectivity index (χ1n) is 9.14. The van der Waals surface area contributed by atoms with Crippen molar-refractivity contribution < 1.29 is 23.9 Å². The number of rotatable bonds is 8. The highest BCUT2D eigenvalue weighted by Crippen LogP contribution is 2.17. The number of hydrogen-bond donors (Lipinski definition) is 3. The van der Waals surface area contributed by atoms with Gasteiger partial charge in [-0.05, 0) is 37.6 Å². The number of likely N-dealkylation sites (tertiary alicyclic amines) is 1. The second-order valence-corrected chi connectivity index (χ2v) is 6.52. The van der Waals surface area contributed by atoms with E-state index in [1.54, 1.807) is 36.2 Å². The molecular formula is C19H26N4O5. The van der Waals surface area contributed by atoms with Gasteiger partial charge in [0, 0.05) is 19.2 Å². The zero-order valence-electron chi connectivity index (χ0n) is 16.1. The minimum Gasteiger partial charge on any atom is -0.461 e. The van der Waals surface area contributed by atoms with Crippen LogP contribution < -0.4 is 16.0 Å². The lowest BCUT2D eigenvalue weighted by Gasteiger charge is -2.23. The van der Waals surface area contributed by atoms with E-state index in [9.17, 15) is 19.2 Å². The first kappa shape index (κ1) is 21.4. The summed E-state index contributed by atoms with van der Waals surface area (Å²) in [6, 6.07) is 6.32. The predicted octanol–water partition coefficient (Wildman–Crippen LogP) is 0.0148. The van der Waals surface area contributed by atoms with Crippen LogP contribution in [0.1, 0.15) is 25.3 Å². The SMILES string of the molecule is CNCC(=O)N1CCC[C@H]1C(=O)NCC(=O)Nc1ccc(COC(C)=O)cc1. The van der Waals surface area contributed by atoms with Crippen LogP contribution in [0.25, 0.3) is 0 Å². The van der Waals surface area contributed by atoms with Crippen molar-refractivity contribution in [1.82, 2.24) is 15.5 Å². The Morgan fingerprint density at radius 1 is 1.14 bits per heavy atom. The van der Waals surface area contributed by atoms with Gasteiger partial charge in [-0.25, -0.2) is 0 Å². The minimum atomic E-state index is -0.533. The lowest BCUT2D eigenvalue weighted by molar-refractivity contribution is -0.142. The van der Waals surface area contributed by atoms with Crippen molar-refractivity contribution in [2.24, 2.45) is 0 Å². The Morgan fingerprint density at radius 3 is 2.50 bits per heavy atom. The van der Waals surface area contributed by atoms with Gasteiger partial charge in [0.05, 0.1) is 13.1 Å². The summed E-state index contributed by atoms with van der Waals surface area (Å²) < 4.78 is 4.90. The average Bonchev–Trinajstić information content (AvgIpc) is 3.16. The quantitative estimate of drug-likeness (QED) is 0.539. The van der Waals surface area contributed by atoms with Crippen molar-refractivity contribution in [2.45, 2.75) is 32.4 Å². The van der Waals surface area contributed by atoms with E-state index in [2.05, 4.69) is 16.0 Å². The van der Waals surface area contributed by atoms with Gasteiger partial charge < -0.3 is 25.6 Å². The van der Waals surface area contributed by atoms with E-state index >= 15 is 0 Å². The second kappa shape index (κ2) is 10.4. The predicted molar refractivity (Wildman–Crippen MR) is 102 cm³/mol. The summed E-state index contributed by atoms with van der Waals surface area (Å²) in [4.78, 5) is 48.8. The Morgan fingerprint density at radius 2 is 1.86 bits per heavy atom. The standard InChI is InChI=1S/C19H26N4O5/c1-13(24)28-12-14-5-7-15(8-6-14)22-17(25)10-21-19(27)16-4-3-9-23(16)18(26)11-20-2/h5-8,16,20H,3-4,9-12H2,1-2H3,(H,21,27)(H,22,25)/t16-/m0/s1. The van der Waals surface area contributed by atoms with Gasteiger partial charge in [0.25, 0.3) is 0 Å². The van der Waals surface area contributed by atoms with Crippen LogP contribution in [-0.2, 0) is 30.5 Å². The summed E-state index contributed by atoms with van der Waals surface area (Å²) in [5, 5.41) is 8.06. The molecule has 0 aromatic heterocycles. The van der Waals surface area contributed by atoms with Crippen molar-refractivity contribution in [3.8, 4) is 0 Å². The number of anilines is 1. The van der Waals surface area contributed by atoms with Gasteiger partial charge in [-0.3, -0.25) is 19.2 Å². The molecule has 0 spiro atoms. The fourth-order valence-corrected chi connectivity index (χ4v) is 2.95. The molecule has 0 bridgehead atoms. The van der Waals surface area contributed by atoms with Gasteiger partial charge in [0.15, 0.2) is 0 Å². The molecule has 1 atom stereocenters. The highest BCUT2D eigenvalue weighted by molar-refractivity contribution is 5.96. The maximum atomic E-state index is 12.3. The molecule has 9 nitrogen and oxygen atoms in total. The molecule has 3 amide bonds. The highest BCUT2D eigenvalue weighted by Gasteiger charge is 2.33. The molecule has 0 saturated carbocycles. The van der Waals surface area contributed by atoms with E-state index in [4.69, 9.17) is 4.74 Å². The van der Waals surface area contributed by atoms with Crippen LogP contribution in [0.3, 0.4) is 0 Å². The van der Waals surface area contributed by atoms with Crippen LogP contribution in [0, 0.1) is 0 Å². The smallest absolute Gasteiger partial charge is 0.302 e. The third-order valence-electron chi connectivity index (χ3n) is 4.31. The molecule has 1 aliphatic rings. The number of benzene rings is 1. The van der Waals surface area contributed by atoms with E-state index in [0.717, 1.165) is 12.0 Å². The summed E-state index contributed by atoms with van der Waals surface area (Å²) in [7, 11) is 1.68. The molecule has 1 heterocycles. The molecule has 28 heavy (non-hydrogen) atoms. The second-order valence-electron chi connectivity index (χ2n) is 6.52. The molecule has 1 aromatic carbocycles. The molecule has 2 rings (SSSR count).